The van der Waals surface area contributed by atoms with Gasteiger partial charge in [0.25, 0.3) is 0 Å². The smallest absolute Gasteiger partial charge is 0.237 e. The van der Waals surface area contributed by atoms with Gasteiger partial charge in [0.05, 0.1) is 6.61 Å². The second-order valence-electron chi connectivity index (χ2n) is 11.2. The summed E-state index contributed by atoms with van der Waals surface area (Å²) in [4.78, 5) is 31.5. The zero-order valence-electron chi connectivity index (χ0n) is 24.6. The average Bonchev–Trinajstić information content (AvgIpc) is 3.74. The molecule has 12 nitrogen and oxygen atoms in total. The largest absolute Gasteiger partial charge is 0.464 e. The molecular formula is C32H35N7O5. The number of aryl methyl sites for hydroxylation is 1. The summed E-state index contributed by atoms with van der Waals surface area (Å²) < 4.78 is 24.7. The minimum absolute atomic E-state index is 0.0123. The molecule has 0 spiro atoms. The van der Waals surface area contributed by atoms with E-state index < -0.39 is 0 Å². The van der Waals surface area contributed by atoms with Gasteiger partial charge in [0.1, 0.15) is 17.9 Å². The van der Waals surface area contributed by atoms with Crippen molar-refractivity contribution in [2.24, 2.45) is 0 Å². The summed E-state index contributed by atoms with van der Waals surface area (Å²) in [5.41, 5.74) is 3.01. The van der Waals surface area contributed by atoms with Crippen molar-refractivity contribution in [1.82, 2.24) is 29.7 Å². The van der Waals surface area contributed by atoms with Crippen molar-refractivity contribution in [2.45, 2.75) is 45.2 Å². The first-order valence-electron chi connectivity index (χ1n) is 14.9. The quantitative estimate of drug-likeness (QED) is 0.308. The molecule has 2 atom stereocenters. The lowest BCUT2D eigenvalue weighted by molar-refractivity contribution is -0.124. The molecule has 1 saturated heterocycles. The fourth-order valence-corrected chi connectivity index (χ4v) is 5.82. The lowest BCUT2D eigenvalue weighted by atomic mass is 10.1. The Kier molecular flexibility index (Phi) is 7.99. The minimum Gasteiger partial charge on any atom is -0.464 e. The van der Waals surface area contributed by atoms with Crippen LogP contribution in [0, 0.1) is 6.92 Å². The summed E-state index contributed by atoms with van der Waals surface area (Å²) in [5.74, 6) is 3.76. The first-order valence-corrected chi connectivity index (χ1v) is 14.9. The van der Waals surface area contributed by atoms with Crippen molar-refractivity contribution in [3.63, 3.8) is 0 Å². The van der Waals surface area contributed by atoms with Crippen LogP contribution in [0.4, 0.5) is 5.82 Å². The van der Waals surface area contributed by atoms with E-state index in [1.54, 1.807) is 17.1 Å². The van der Waals surface area contributed by atoms with E-state index in [9.17, 15) is 4.79 Å². The summed E-state index contributed by atoms with van der Waals surface area (Å²) in [7, 11) is 0. The Labute approximate surface area is 255 Å². The van der Waals surface area contributed by atoms with Crippen molar-refractivity contribution >= 4 is 11.7 Å². The summed E-state index contributed by atoms with van der Waals surface area (Å²) >= 11 is 0. The standard InChI is InChI=1S/C32H35N7O5/c1-22-14-29(36-32(35-22)39-11-10-33-20-39)38-13-12-37(17-23-6-7-27-28(15-23)43-21-42-27)25(18-38)16-30(40)34-9-8-31-41-19-24-4-2-3-5-26(24)44-31/h2-7,10-11,14-15,20,25,31H,8-9,12-13,16-19,21H2,1H3,(H,34,40). The molecule has 12 heteroatoms. The number of ether oxygens (including phenoxy) is 4. The van der Waals surface area contributed by atoms with Gasteiger partial charge in [-0.15, -0.1) is 0 Å². The molecular weight excluding hydrogens is 562 g/mol. The summed E-state index contributed by atoms with van der Waals surface area (Å²) in [6.07, 6.45) is 5.75. The van der Waals surface area contributed by atoms with Crippen LogP contribution in [0.15, 0.2) is 67.3 Å². The normalized spacial score (nSPS) is 19.3. The van der Waals surface area contributed by atoms with Crippen LogP contribution in [0.25, 0.3) is 5.95 Å². The second-order valence-corrected chi connectivity index (χ2v) is 11.2. The highest BCUT2D eigenvalue weighted by molar-refractivity contribution is 5.76. The van der Waals surface area contributed by atoms with E-state index in [-0.39, 0.29) is 25.0 Å². The number of fused-ring (bicyclic) bond motifs is 2. The number of carbonyl (C=O) groups excluding carboxylic acids is 1. The second kappa shape index (κ2) is 12.5. The van der Waals surface area contributed by atoms with Crippen molar-refractivity contribution in [3.8, 4) is 23.2 Å². The summed E-state index contributed by atoms with van der Waals surface area (Å²) in [6, 6.07) is 15.9. The number of aromatic nitrogens is 4. The molecule has 2 unspecified atom stereocenters. The SMILES string of the molecule is Cc1cc(N2CCN(Cc3ccc4c(c3)OCO4)C(CC(=O)NCCC3OCc4ccccc4O3)C2)nc(-n2ccnc2)n1. The third-order valence-corrected chi connectivity index (χ3v) is 8.09. The number of anilines is 1. The molecule has 1 fully saturated rings. The van der Waals surface area contributed by atoms with Crippen LogP contribution >= 0.6 is 0 Å². The first kappa shape index (κ1) is 28.1. The van der Waals surface area contributed by atoms with Gasteiger partial charge in [0.15, 0.2) is 11.5 Å². The van der Waals surface area contributed by atoms with E-state index in [1.807, 2.05) is 55.6 Å². The molecule has 2 aromatic carbocycles. The van der Waals surface area contributed by atoms with E-state index >= 15 is 0 Å². The number of hydrogen-bond acceptors (Lipinski definition) is 10. The molecule has 44 heavy (non-hydrogen) atoms. The number of nitrogens with zero attached hydrogens (tertiary/aromatic N) is 6. The van der Waals surface area contributed by atoms with E-state index in [1.165, 1.54) is 0 Å². The molecule has 1 amide bonds. The number of hydrogen-bond donors (Lipinski definition) is 1. The lowest BCUT2D eigenvalue weighted by Gasteiger charge is -2.42. The van der Waals surface area contributed by atoms with Gasteiger partial charge in [0.2, 0.25) is 24.9 Å². The number of benzene rings is 2. The molecule has 0 bridgehead atoms. The molecule has 5 heterocycles. The number of amides is 1. The van der Waals surface area contributed by atoms with Gasteiger partial charge in [-0.1, -0.05) is 24.3 Å². The molecule has 3 aliphatic rings. The van der Waals surface area contributed by atoms with Crippen molar-refractivity contribution in [1.29, 1.82) is 0 Å². The molecule has 0 aliphatic carbocycles. The van der Waals surface area contributed by atoms with Gasteiger partial charge in [-0.05, 0) is 30.7 Å². The summed E-state index contributed by atoms with van der Waals surface area (Å²) in [6.45, 7) is 6.03. The molecule has 3 aliphatic heterocycles. The van der Waals surface area contributed by atoms with Crippen LogP contribution < -0.4 is 24.4 Å². The van der Waals surface area contributed by atoms with Crippen molar-refractivity contribution in [3.05, 3.63) is 84.1 Å². The molecule has 228 valence electrons. The van der Waals surface area contributed by atoms with E-state index in [0.717, 1.165) is 53.0 Å². The molecule has 2 aromatic heterocycles. The van der Waals surface area contributed by atoms with Crippen LogP contribution in [0.2, 0.25) is 0 Å². The number of carbonyl (C=O) groups is 1. The van der Waals surface area contributed by atoms with Crippen LogP contribution in [0.3, 0.4) is 0 Å². The number of para-hydroxylation sites is 1. The summed E-state index contributed by atoms with van der Waals surface area (Å²) in [5, 5.41) is 3.09. The monoisotopic (exact) mass is 597 g/mol. The highest BCUT2D eigenvalue weighted by Crippen LogP contribution is 2.33. The first-order chi connectivity index (χ1) is 21.6. The maximum atomic E-state index is 13.3. The Balaban J connectivity index is 1.03. The van der Waals surface area contributed by atoms with Gasteiger partial charge in [0, 0.05) is 81.3 Å². The average molecular weight is 598 g/mol. The molecule has 0 radical (unpaired) electrons. The predicted octanol–water partition coefficient (Wildman–Crippen LogP) is 3.22. The van der Waals surface area contributed by atoms with Crippen LogP contribution in [0.5, 0.6) is 17.2 Å². The van der Waals surface area contributed by atoms with Crippen LogP contribution in [-0.4, -0.2) is 75.6 Å². The zero-order chi connectivity index (χ0) is 29.9. The Morgan fingerprint density at radius 2 is 1.95 bits per heavy atom. The number of rotatable bonds is 9. The van der Waals surface area contributed by atoms with E-state index in [0.29, 0.717) is 45.0 Å². The Hall–Kier alpha value is -4.68. The highest BCUT2D eigenvalue weighted by Gasteiger charge is 2.31. The van der Waals surface area contributed by atoms with Crippen LogP contribution in [0.1, 0.15) is 29.7 Å². The van der Waals surface area contributed by atoms with E-state index in [2.05, 4.69) is 31.2 Å². The third kappa shape index (κ3) is 6.31. The van der Waals surface area contributed by atoms with Gasteiger partial charge in [-0.2, -0.15) is 4.98 Å². The molecule has 4 aromatic rings. The fraction of sp³-hybridized carbons (Fsp3) is 0.375. The Bertz CT molecular complexity index is 1610. The third-order valence-electron chi connectivity index (χ3n) is 8.09. The van der Waals surface area contributed by atoms with Gasteiger partial charge in [-0.3, -0.25) is 14.3 Å². The Morgan fingerprint density at radius 3 is 2.86 bits per heavy atom. The number of imidazole rings is 1. The number of nitrogens with one attached hydrogen (secondary N) is 1. The topological polar surface area (TPSA) is 116 Å². The fourth-order valence-electron chi connectivity index (χ4n) is 5.82. The maximum Gasteiger partial charge on any atom is 0.237 e. The van der Waals surface area contributed by atoms with Crippen molar-refractivity contribution < 1.29 is 23.7 Å². The highest BCUT2D eigenvalue weighted by atomic mass is 16.7. The van der Waals surface area contributed by atoms with Crippen LogP contribution in [-0.2, 0) is 22.7 Å². The molecule has 1 N–H and O–H groups in total. The maximum absolute atomic E-state index is 13.3. The van der Waals surface area contributed by atoms with Gasteiger partial charge in [-0.25, -0.2) is 9.97 Å². The van der Waals surface area contributed by atoms with E-state index in [4.69, 9.17) is 23.9 Å². The minimum atomic E-state index is -0.386. The van der Waals surface area contributed by atoms with Gasteiger partial charge < -0.3 is 29.2 Å². The van der Waals surface area contributed by atoms with Crippen molar-refractivity contribution in [2.75, 3.05) is 37.9 Å². The lowest BCUT2D eigenvalue weighted by Crippen LogP contribution is -2.54. The Morgan fingerprint density at radius 1 is 1.05 bits per heavy atom. The van der Waals surface area contributed by atoms with Gasteiger partial charge >= 0.3 is 0 Å². The molecule has 7 rings (SSSR count). The zero-order valence-corrected chi connectivity index (χ0v) is 24.6. The predicted molar refractivity (Wildman–Crippen MR) is 161 cm³/mol. The number of piperazine rings is 1. The molecule has 0 saturated carbocycles.